The highest BCUT2D eigenvalue weighted by molar-refractivity contribution is 5.08. The van der Waals surface area contributed by atoms with Crippen LogP contribution in [0.5, 0.6) is 0 Å². The van der Waals surface area contributed by atoms with Gasteiger partial charge in [-0.1, -0.05) is 0 Å². The highest BCUT2D eigenvalue weighted by Gasteiger charge is 2.30. The smallest absolute Gasteiger partial charge is 0.109 e. The molecule has 1 heterocycles. The molecule has 1 fully saturated rings. The first-order valence-electron chi connectivity index (χ1n) is 4.05. The van der Waals surface area contributed by atoms with Gasteiger partial charge in [-0.15, -0.1) is 0 Å². The van der Waals surface area contributed by atoms with Crippen LogP contribution in [-0.2, 0) is 0 Å². The maximum absolute atomic E-state index is 12.0. The largest absolute Gasteiger partial charge is 0.299 e. The normalized spacial score (nSPS) is 31.3. The van der Waals surface area contributed by atoms with Crippen molar-refractivity contribution in [2.45, 2.75) is 31.2 Å². The van der Waals surface area contributed by atoms with Gasteiger partial charge in [0.05, 0.1) is 12.7 Å². The van der Waals surface area contributed by atoms with Crippen LogP contribution in [0, 0.1) is 11.3 Å². The highest BCUT2D eigenvalue weighted by Crippen LogP contribution is 2.21. The van der Waals surface area contributed by atoms with Crippen LogP contribution >= 0.6 is 0 Å². The molecule has 1 unspecified atom stereocenters. The summed E-state index contributed by atoms with van der Waals surface area (Å²) in [5.41, 5.74) is -0.549. The molecule has 0 radical (unpaired) electrons. The lowest BCUT2D eigenvalue weighted by atomic mass is 9.88. The summed E-state index contributed by atoms with van der Waals surface area (Å²) in [5, 5.41) is 11.9. The molecule has 0 aliphatic carbocycles. The minimum Gasteiger partial charge on any atom is -0.299 e. The summed E-state index contributed by atoms with van der Waals surface area (Å²) in [5.74, 6) is 0. The van der Waals surface area contributed by atoms with Crippen LogP contribution in [0.2, 0.25) is 0 Å². The van der Waals surface area contributed by atoms with Crippen LogP contribution in [0.1, 0.15) is 25.7 Å². The zero-order valence-corrected chi connectivity index (χ0v) is 6.57. The molecule has 1 saturated heterocycles. The molecular weight excluding hydrogens is 143 g/mol. The maximum Gasteiger partial charge on any atom is 0.109 e. The fraction of sp³-hybridized carbons (Fsp3) is 0.875. The third kappa shape index (κ3) is 1.90. The summed E-state index contributed by atoms with van der Waals surface area (Å²) in [6.45, 7) is 0.452. The third-order valence-corrected chi connectivity index (χ3v) is 2.23. The average Bonchev–Trinajstić information content (AvgIpc) is 2.07. The number of nitrogens with one attached hydrogen (secondary N) is 1. The second kappa shape index (κ2) is 3.68. The first kappa shape index (κ1) is 8.48. The van der Waals surface area contributed by atoms with Crippen molar-refractivity contribution in [2.24, 2.45) is 0 Å². The van der Waals surface area contributed by atoms with Gasteiger partial charge in [0.25, 0.3) is 0 Å². The van der Waals surface area contributed by atoms with E-state index in [1.807, 2.05) is 0 Å². The van der Waals surface area contributed by atoms with Gasteiger partial charge in [0.2, 0.25) is 0 Å². The summed E-state index contributed by atoms with van der Waals surface area (Å²) in [6.07, 6.45) is 3.28. The summed E-state index contributed by atoms with van der Waals surface area (Å²) in [4.78, 5) is 0. The average molecular weight is 156 g/mol. The van der Waals surface area contributed by atoms with Crippen LogP contribution in [-0.4, -0.2) is 18.8 Å². The topological polar surface area (TPSA) is 35.8 Å². The van der Waals surface area contributed by atoms with Gasteiger partial charge in [0.15, 0.2) is 0 Å². The molecule has 0 bridgehead atoms. The van der Waals surface area contributed by atoms with Crippen LogP contribution in [0.15, 0.2) is 0 Å². The zero-order valence-electron chi connectivity index (χ0n) is 6.57. The number of hydrogen-bond acceptors (Lipinski definition) is 2. The first-order chi connectivity index (χ1) is 5.33. The fourth-order valence-electron chi connectivity index (χ4n) is 1.49. The van der Waals surface area contributed by atoms with Crippen molar-refractivity contribution < 1.29 is 4.39 Å². The number of nitrogens with zero attached hydrogens (tertiary/aromatic N) is 1. The second-order valence-electron chi connectivity index (χ2n) is 3.02. The quantitative estimate of drug-likeness (QED) is 0.655. The van der Waals surface area contributed by atoms with Crippen LogP contribution in [0.3, 0.4) is 0 Å². The van der Waals surface area contributed by atoms with E-state index in [0.29, 0.717) is 6.42 Å². The molecule has 1 aliphatic heterocycles. The third-order valence-electron chi connectivity index (χ3n) is 2.23. The summed E-state index contributed by atoms with van der Waals surface area (Å²) < 4.78 is 12.0. The van der Waals surface area contributed by atoms with Crippen LogP contribution < -0.4 is 5.32 Å². The number of nitriles is 1. The number of rotatable bonds is 2. The molecule has 0 saturated carbocycles. The van der Waals surface area contributed by atoms with Crippen LogP contribution in [0.4, 0.5) is 4.39 Å². The Kier molecular flexibility index (Phi) is 2.84. The van der Waals surface area contributed by atoms with Gasteiger partial charge < -0.3 is 0 Å². The molecule has 1 atom stereocenters. The predicted octanol–water partition coefficient (Wildman–Crippen LogP) is 1.38. The van der Waals surface area contributed by atoms with E-state index in [9.17, 15) is 4.39 Å². The molecule has 1 rings (SSSR count). The van der Waals surface area contributed by atoms with Crippen molar-refractivity contribution in [1.82, 2.24) is 5.32 Å². The van der Waals surface area contributed by atoms with E-state index in [2.05, 4.69) is 11.4 Å². The Bertz CT molecular complexity index is 150. The van der Waals surface area contributed by atoms with E-state index < -0.39 is 12.2 Å². The maximum atomic E-state index is 12.0. The number of halogens is 1. The van der Waals surface area contributed by atoms with E-state index in [-0.39, 0.29) is 0 Å². The van der Waals surface area contributed by atoms with Crippen molar-refractivity contribution in [1.29, 1.82) is 5.26 Å². The van der Waals surface area contributed by atoms with Crippen molar-refractivity contribution in [3.05, 3.63) is 0 Å². The van der Waals surface area contributed by atoms with E-state index in [0.717, 1.165) is 25.8 Å². The molecule has 2 nitrogen and oxygen atoms in total. The van der Waals surface area contributed by atoms with E-state index in [1.165, 1.54) is 0 Å². The van der Waals surface area contributed by atoms with E-state index >= 15 is 0 Å². The van der Waals surface area contributed by atoms with Crippen molar-refractivity contribution in [3.63, 3.8) is 0 Å². The van der Waals surface area contributed by atoms with Gasteiger partial charge in [0, 0.05) is 6.42 Å². The van der Waals surface area contributed by atoms with Gasteiger partial charge in [-0.3, -0.25) is 9.71 Å². The van der Waals surface area contributed by atoms with Crippen LogP contribution in [0.25, 0.3) is 0 Å². The number of alkyl halides is 1. The minimum absolute atomic E-state index is 0.337. The SMILES string of the molecule is N#CC1(CCF)CCCCN1. The summed E-state index contributed by atoms with van der Waals surface area (Å²) in [7, 11) is 0. The Morgan fingerprint density at radius 3 is 2.82 bits per heavy atom. The molecule has 11 heavy (non-hydrogen) atoms. The standard InChI is InChI=1S/C8H13FN2/c9-5-4-8(7-10)3-1-2-6-11-8/h11H,1-6H2. The molecule has 0 aromatic heterocycles. The predicted molar refractivity (Wildman–Crippen MR) is 40.8 cm³/mol. The molecule has 0 aromatic rings. The van der Waals surface area contributed by atoms with Crippen molar-refractivity contribution in [3.8, 4) is 6.07 Å². The number of hydrogen-bond donors (Lipinski definition) is 1. The molecule has 1 N–H and O–H groups in total. The lowest BCUT2D eigenvalue weighted by Crippen LogP contribution is -2.47. The Morgan fingerprint density at radius 2 is 2.36 bits per heavy atom. The Morgan fingerprint density at radius 1 is 1.55 bits per heavy atom. The van der Waals surface area contributed by atoms with Crippen molar-refractivity contribution in [2.75, 3.05) is 13.2 Å². The Balaban J connectivity index is 2.51. The van der Waals surface area contributed by atoms with Gasteiger partial charge in [-0.25, -0.2) is 0 Å². The lowest BCUT2D eigenvalue weighted by Gasteiger charge is -2.30. The van der Waals surface area contributed by atoms with Gasteiger partial charge in [-0.05, 0) is 25.8 Å². The second-order valence-corrected chi connectivity index (χ2v) is 3.02. The fourth-order valence-corrected chi connectivity index (χ4v) is 1.49. The lowest BCUT2D eigenvalue weighted by molar-refractivity contribution is 0.277. The molecule has 1 aliphatic rings. The Hall–Kier alpha value is -0.620. The van der Waals surface area contributed by atoms with Gasteiger partial charge in [-0.2, -0.15) is 5.26 Å². The number of piperidine rings is 1. The molecular formula is C8H13FN2. The molecule has 3 heteroatoms. The summed E-state index contributed by atoms with van der Waals surface area (Å²) >= 11 is 0. The van der Waals surface area contributed by atoms with E-state index in [4.69, 9.17) is 5.26 Å². The summed E-state index contributed by atoms with van der Waals surface area (Å²) in [6, 6.07) is 2.17. The Labute approximate surface area is 66.4 Å². The van der Waals surface area contributed by atoms with Gasteiger partial charge in [0.1, 0.15) is 5.54 Å². The first-order valence-corrected chi connectivity index (χ1v) is 4.05. The zero-order chi connectivity index (χ0) is 8.16. The molecule has 0 amide bonds. The minimum atomic E-state index is -0.549. The molecule has 0 aromatic carbocycles. The highest BCUT2D eigenvalue weighted by atomic mass is 19.1. The van der Waals surface area contributed by atoms with Crippen molar-refractivity contribution >= 4 is 0 Å². The molecule has 0 spiro atoms. The molecule has 62 valence electrons. The van der Waals surface area contributed by atoms with Gasteiger partial charge >= 0.3 is 0 Å². The monoisotopic (exact) mass is 156 g/mol. The van der Waals surface area contributed by atoms with E-state index in [1.54, 1.807) is 0 Å².